The Labute approximate surface area is 198 Å². The van der Waals surface area contributed by atoms with Crippen LogP contribution in [0, 0.1) is 6.92 Å². The third kappa shape index (κ3) is 5.58. The largest absolute Gasteiger partial charge is 0.364 e. The zero-order valence-corrected chi connectivity index (χ0v) is 20.4. The normalized spacial score (nSPS) is 15.1. The fourth-order valence-corrected chi connectivity index (χ4v) is 4.46. The van der Waals surface area contributed by atoms with Crippen LogP contribution in [0.15, 0.2) is 52.2 Å². The summed E-state index contributed by atoms with van der Waals surface area (Å²) >= 11 is 1.74. The number of nitrogens with zero attached hydrogens (tertiary/aromatic N) is 5. The van der Waals surface area contributed by atoms with Gasteiger partial charge in [-0.2, -0.15) is 0 Å². The molecule has 1 saturated heterocycles. The van der Waals surface area contributed by atoms with E-state index in [1.165, 1.54) is 10.4 Å². The highest BCUT2D eigenvalue weighted by Crippen LogP contribution is 2.27. The Morgan fingerprint density at radius 1 is 1.17 bits per heavy atom. The number of hydrogen-bond acceptors (Lipinski definition) is 6. The summed E-state index contributed by atoms with van der Waals surface area (Å²) < 4.78 is 4.93. The fourth-order valence-electron chi connectivity index (χ4n) is 3.45. The molecular formula is C21H27IN6OS. The smallest absolute Gasteiger partial charge is 0.194 e. The van der Waals surface area contributed by atoms with Crippen LogP contribution in [-0.2, 0) is 13.1 Å². The molecule has 1 aromatic carbocycles. The van der Waals surface area contributed by atoms with Gasteiger partial charge in [0.2, 0.25) is 0 Å². The minimum Gasteiger partial charge on any atom is -0.364 e. The summed E-state index contributed by atoms with van der Waals surface area (Å²) in [6, 6.07) is 12.3. The lowest BCUT2D eigenvalue weighted by Gasteiger charge is -2.36. The number of hydrogen-bond donors (Lipinski definition) is 1. The van der Waals surface area contributed by atoms with Crippen molar-refractivity contribution >= 4 is 41.3 Å². The van der Waals surface area contributed by atoms with Crippen LogP contribution in [0.4, 0.5) is 0 Å². The van der Waals surface area contributed by atoms with Gasteiger partial charge in [0.15, 0.2) is 5.96 Å². The van der Waals surface area contributed by atoms with E-state index in [1.807, 2.05) is 31.3 Å². The van der Waals surface area contributed by atoms with Gasteiger partial charge in [-0.05, 0) is 6.92 Å². The van der Waals surface area contributed by atoms with Gasteiger partial charge in [-0.3, -0.25) is 9.89 Å². The molecule has 4 rings (SSSR count). The van der Waals surface area contributed by atoms with Crippen LogP contribution in [0.2, 0.25) is 0 Å². The quantitative estimate of drug-likeness (QED) is 0.304. The lowest BCUT2D eigenvalue weighted by Crippen LogP contribution is -2.52. The fraction of sp³-hybridized carbons (Fsp3) is 0.381. The molecule has 1 aliphatic rings. The molecule has 0 spiro atoms. The first-order valence-electron chi connectivity index (χ1n) is 9.82. The Hall–Kier alpha value is -1.98. The van der Waals surface area contributed by atoms with Crippen LogP contribution >= 0.6 is 35.3 Å². The van der Waals surface area contributed by atoms with Crippen molar-refractivity contribution in [1.29, 1.82) is 0 Å². The van der Waals surface area contributed by atoms with E-state index in [9.17, 15) is 0 Å². The maximum Gasteiger partial charge on any atom is 0.194 e. The van der Waals surface area contributed by atoms with Crippen LogP contribution in [0.1, 0.15) is 16.3 Å². The second-order valence-corrected chi connectivity index (χ2v) is 8.13. The van der Waals surface area contributed by atoms with E-state index in [1.54, 1.807) is 17.6 Å². The van der Waals surface area contributed by atoms with Crippen LogP contribution in [-0.4, -0.2) is 59.1 Å². The summed E-state index contributed by atoms with van der Waals surface area (Å²) in [4.78, 5) is 15.2. The van der Waals surface area contributed by atoms with E-state index in [0.29, 0.717) is 0 Å². The maximum atomic E-state index is 4.93. The molecule has 160 valence electrons. The highest BCUT2D eigenvalue weighted by molar-refractivity contribution is 14.0. The third-order valence-electron chi connectivity index (χ3n) is 5.08. The summed E-state index contributed by atoms with van der Waals surface area (Å²) in [5, 5.41) is 8.59. The second-order valence-electron chi connectivity index (χ2n) is 7.05. The van der Waals surface area contributed by atoms with Crippen LogP contribution in [0.3, 0.4) is 0 Å². The van der Waals surface area contributed by atoms with Crippen molar-refractivity contribution in [2.24, 2.45) is 4.99 Å². The number of thiazole rings is 1. The number of aliphatic imine (C=N–C) groups is 1. The molecule has 1 aliphatic heterocycles. The first-order valence-corrected chi connectivity index (χ1v) is 10.6. The molecule has 30 heavy (non-hydrogen) atoms. The van der Waals surface area contributed by atoms with Crippen molar-refractivity contribution in [2.45, 2.75) is 20.0 Å². The van der Waals surface area contributed by atoms with Gasteiger partial charge in [0.25, 0.3) is 0 Å². The van der Waals surface area contributed by atoms with Gasteiger partial charge < -0.3 is 14.7 Å². The Morgan fingerprint density at radius 3 is 2.60 bits per heavy atom. The minimum absolute atomic E-state index is 0. The Bertz CT molecular complexity index is 936. The zero-order valence-electron chi connectivity index (χ0n) is 17.2. The number of guanidine groups is 1. The van der Waals surface area contributed by atoms with Gasteiger partial charge >= 0.3 is 0 Å². The summed E-state index contributed by atoms with van der Waals surface area (Å²) in [6.07, 6.45) is 1.63. The molecule has 2 aromatic heterocycles. The van der Waals surface area contributed by atoms with E-state index in [-0.39, 0.29) is 24.0 Å². The lowest BCUT2D eigenvalue weighted by atomic mass is 10.2. The maximum absolute atomic E-state index is 4.93. The monoisotopic (exact) mass is 538 g/mol. The molecule has 0 atom stereocenters. The van der Waals surface area contributed by atoms with Crippen LogP contribution < -0.4 is 5.32 Å². The first-order chi connectivity index (χ1) is 14.2. The van der Waals surface area contributed by atoms with Crippen LogP contribution in [0.25, 0.3) is 10.6 Å². The summed E-state index contributed by atoms with van der Waals surface area (Å²) in [6.45, 7) is 7.48. The van der Waals surface area contributed by atoms with Gasteiger partial charge in [-0.15, -0.1) is 35.3 Å². The molecule has 0 bridgehead atoms. The van der Waals surface area contributed by atoms with Crippen molar-refractivity contribution in [1.82, 2.24) is 25.3 Å². The van der Waals surface area contributed by atoms with Gasteiger partial charge in [0, 0.05) is 56.3 Å². The number of benzene rings is 1. The molecule has 0 saturated carbocycles. The SMILES string of the molecule is CN=C(NCc1sc(-c2ccccc2)nc1C)N1CCN(Cc2ccon2)CC1.I. The summed E-state index contributed by atoms with van der Waals surface area (Å²) in [5.41, 5.74) is 3.23. The molecule has 3 heterocycles. The molecule has 9 heteroatoms. The predicted molar refractivity (Wildman–Crippen MR) is 131 cm³/mol. The molecule has 0 unspecified atom stereocenters. The van der Waals surface area contributed by atoms with Crippen molar-refractivity contribution in [3.63, 3.8) is 0 Å². The number of halogens is 1. The Balaban J connectivity index is 0.00000256. The zero-order chi connectivity index (χ0) is 20.1. The van der Waals surface area contributed by atoms with Crippen LogP contribution in [0.5, 0.6) is 0 Å². The van der Waals surface area contributed by atoms with Crippen molar-refractivity contribution < 1.29 is 4.52 Å². The standard InChI is InChI=1S/C21H26N6OS.HI/c1-16-19(29-20(24-16)17-6-4-3-5-7-17)14-23-21(22-2)27-11-9-26(10-12-27)15-18-8-13-28-25-18;/h3-8,13H,9-12,14-15H2,1-2H3,(H,22,23);1H. The third-order valence-corrected chi connectivity index (χ3v) is 6.29. The molecule has 1 N–H and O–H groups in total. The highest BCUT2D eigenvalue weighted by atomic mass is 127. The average molecular weight is 538 g/mol. The highest BCUT2D eigenvalue weighted by Gasteiger charge is 2.20. The molecule has 0 aliphatic carbocycles. The van der Waals surface area contributed by atoms with Crippen molar-refractivity contribution in [2.75, 3.05) is 33.2 Å². The Morgan fingerprint density at radius 2 is 1.93 bits per heavy atom. The predicted octanol–water partition coefficient (Wildman–Crippen LogP) is 3.62. The summed E-state index contributed by atoms with van der Waals surface area (Å²) in [7, 11) is 1.85. The molecule has 1 fully saturated rings. The molecule has 3 aromatic rings. The molecule has 7 nitrogen and oxygen atoms in total. The number of rotatable bonds is 5. The average Bonchev–Trinajstić information content (AvgIpc) is 3.40. The minimum atomic E-state index is 0. The van der Waals surface area contributed by atoms with E-state index < -0.39 is 0 Å². The number of piperazine rings is 1. The van der Waals surface area contributed by atoms with E-state index in [0.717, 1.165) is 61.6 Å². The first kappa shape index (κ1) is 22.7. The summed E-state index contributed by atoms with van der Waals surface area (Å²) in [5.74, 6) is 0.945. The van der Waals surface area contributed by atoms with Gasteiger partial charge in [0.05, 0.1) is 17.9 Å². The van der Waals surface area contributed by atoms with Gasteiger partial charge in [-0.1, -0.05) is 35.5 Å². The van der Waals surface area contributed by atoms with E-state index in [4.69, 9.17) is 9.51 Å². The molecular weight excluding hydrogens is 511 g/mol. The van der Waals surface area contributed by atoms with Crippen molar-refractivity contribution in [3.8, 4) is 10.6 Å². The Kier molecular flexibility index (Phi) is 8.23. The van der Waals surface area contributed by atoms with Gasteiger partial charge in [0.1, 0.15) is 11.3 Å². The topological polar surface area (TPSA) is 69.8 Å². The molecule has 0 radical (unpaired) electrons. The van der Waals surface area contributed by atoms with Crippen molar-refractivity contribution in [3.05, 3.63) is 58.9 Å². The number of aromatic nitrogens is 2. The van der Waals surface area contributed by atoms with E-state index >= 15 is 0 Å². The number of nitrogens with one attached hydrogen (secondary N) is 1. The van der Waals surface area contributed by atoms with Gasteiger partial charge in [-0.25, -0.2) is 4.98 Å². The number of aryl methyl sites for hydroxylation is 1. The second kappa shape index (κ2) is 10.9. The lowest BCUT2D eigenvalue weighted by molar-refractivity contribution is 0.169. The molecule has 0 amide bonds. The van der Waals surface area contributed by atoms with E-state index in [2.05, 4.69) is 44.3 Å².